The Kier molecular flexibility index (Phi) is 5.35. The normalized spacial score (nSPS) is 16.5. The van der Waals surface area contributed by atoms with Gasteiger partial charge in [-0.1, -0.05) is 6.07 Å². The predicted octanol–water partition coefficient (Wildman–Crippen LogP) is 3.43. The van der Waals surface area contributed by atoms with Crippen LogP contribution in [0.25, 0.3) is 16.7 Å². The molecule has 8 nitrogen and oxygen atoms in total. The first-order valence-electron chi connectivity index (χ1n) is 10.6. The van der Waals surface area contributed by atoms with Gasteiger partial charge in [-0.15, -0.1) is 0 Å². The second-order valence-electron chi connectivity index (χ2n) is 7.99. The molecule has 0 amide bonds. The Bertz CT molecular complexity index is 1170. The summed E-state index contributed by atoms with van der Waals surface area (Å²) >= 11 is 0. The first kappa shape index (κ1) is 19.3. The van der Waals surface area contributed by atoms with Gasteiger partial charge in [-0.25, -0.2) is 14.6 Å². The van der Waals surface area contributed by atoms with Gasteiger partial charge in [-0.2, -0.15) is 5.10 Å². The van der Waals surface area contributed by atoms with E-state index in [2.05, 4.69) is 30.3 Å². The number of nitrogens with one attached hydrogen (secondary N) is 2. The lowest BCUT2D eigenvalue weighted by atomic mass is 9.92. The molecule has 3 aromatic heterocycles. The summed E-state index contributed by atoms with van der Waals surface area (Å²) in [5, 5.41) is 8.56. The zero-order chi connectivity index (χ0) is 21.0. The van der Waals surface area contributed by atoms with Gasteiger partial charge in [0, 0.05) is 43.8 Å². The number of Topliss-reactive ketones (excluding diaryl/α,β-unsaturated/α-hetero) is 1. The zero-order valence-electron chi connectivity index (χ0n) is 17.2. The lowest BCUT2D eigenvalue weighted by molar-refractivity contribution is -0.118. The number of anilines is 2. The van der Waals surface area contributed by atoms with Crippen LogP contribution in [0.15, 0.2) is 61.3 Å². The molecule has 1 aliphatic rings. The Morgan fingerprint density at radius 1 is 1.23 bits per heavy atom. The standard InChI is InChI=1S/C23H25N7O/c31-20(14-25-18-5-1-6-19(13-18)30-11-3-8-28-30)12-17-4-2-10-29(15-17)23-21-7-9-24-22(21)26-16-27-23/h1,3,5-9,11,13,16-17,25H,2,4,10,12,14-15H2,(H,24,26,27). The van der Waals surface area contributed by atoms with Crippen molar-refractivity contribution in [1.82, 2.24) is 24.7 Å². The Labute approximate surface area is 180 Å². The van der Waals surface area contributed by atoms with Crippen LogP contribution in [0.1, 0.15) is 19.3 Å². The topological polar surface area (TPSA) is 91.7 Å². The van der Waals surface area contributed by atoms with Crippen molar-refractivity contribution in [3.8, 4) is 5.69 Å². The molecule has 158 valence electrons. The van der Waals surface area contributed by atoms with E-state index in [-0.39, 0.29) is 5.78 Å². The summed E-state index contributed by atoms with van der Waals surface area (Å²) in [4.78, 5) is 26.9. The molecule has 0 spiro atoms. The largest absolute Gasteiger partial charge is 0.378 e. The summed E-state index contributed by atoms with van der Waals surface area (Å²) in [6.45, 7) is 2.13. The lowest BCUT2D eigenvalue weighted by Crippen LogP contribution is -2.37. The van der Waals surface area contributed by atoms with Crippen molar-refractivity contribution < 1.29 is 4.79 Å². The predicted molar refractivity (Wildman–Crippen MR) is 121 cm³/mol. The van der Waals surface area contributed by atoms with E-state index in [1.165, 1.54) is 0 Å². The molecule has 1 aromatic carbocycles. The quantitative estimate of drug-likeness (QED) is 0.480. The number of H-pyrrole nitrogens is 1. The number of hydrogen-bond donors (Lipinski definition) is 2. The van der Waals surface area contributed by atoms with Crippen molar-refractivity contribution >= 4 is 28.3 Å². The molecular weight excluding hydrogens is 390 g/mol. The molecule has 0 aliphatic carbocycles. The number of ketones is 1. The van der Waals surface area contributed by atoms with Crippen molar-refractivity contribution in [1.29, 1.82) is 0 Å². The van der Waals surface area contributed by atoms with E-state index >= 15 is 0 Å². The minimum atomic E-state index is 0.228. The number of benzene rings is 1. The fourth-order valence-corrected chi connectivity index (χ4v) is 4.31. The fraction of sp³-hybridized carbons (Fsp3) is 0.304. The summed E-state index contributed by atoms with van der Waals surface area (Å²) in [7, 11) is 0. The van der Waals surface area contributed by atoms with E-state index in [9.17, 15) is 4.79 Å². The van der Waals surface area contributed by atoms with Crippen molar-refractivity contribution in [3.63, 3.8) is 0 Å². The molecule has 0 bridgehead atoms. The fourth-order valence-electron chi connectivity index (χ4n) is 4.31. The maximum absolute atomic E-state index is 12.7. The third kappa shape index (κ3) is 4.28. The van der Waals surface area contributed by atoms with Crippen LogP contribution in [0.4, 0.5) is 11.5 Å². The summed E-state index contributed by atoms with van der Waals surface area (Å²) in [6.07, 6.45) is 9.85. The Hall–Kier alpha value is -3.68. The molecule has 0 saturated carbocycles. The van der Waals surface area contributed by atoms with Gasteiger partial charge >= 0.3 is 0 Å². The number of carbonyl (C=O) groups excluding carboxylic acids is 1. The van der Waals surface area contributed by atoms with Crippen LogP contribution in [0, 0.1) is 5.92 Å². The van der Waals surface area contributed by atoms with Gasteiger partial charge in [0.25, 0.3) is 0 Å². The molecule has 4 aromatic rings. The Morgan fingerprint density at radius 2 is 2.19 bits per heavy atom. The first-order chi connectivity index (χ1) is 15.3. The lowest BCUT2D eigenvalue weighted by Gasteiger charge is -2.33. The molecule has 1 fully saturated rings. The molecule has 1 unspecified atom stereocenters. The number of carbonyl (C=O) groups is 1. The van der Waals surface area contributed by atoms with Gasteiger partial charge in [-0.3, -0.25) is 4.79 Å². The molecule has 4 heterocycles. The molecule has 0 radical (unpaired) electrons. The summed E-state index contributed by atoms with van der Waals surface area (Å²) < 4.78 is 1.80. The second kappa shape index (κ2) is 8.59. The number of piperidine rings is 1. The highest BCUT2D eigenvalue weighted by molar-refractivity contribution is 5.87. The van der Waals surface area contributed by atoms with Gasteiger partial charge in [0.2, 0.25) is 0 Å². The van der Waals surface area contributed by atoms with Crippen LogP contribution in [-0.4, -0.2) is 50.1 Å². The van der Waals surface area contributed by atoms with Gasteiger partial charge in [0.05, 0.1) is 17.6 Å². The van der Waals surface area contributed by atoms with Crippen LogP contribution < -0.4 is 10.2 Å². The van der Waals surface area contributed by atoms with Crippen molar-refractivity contribution in [2.45, 2.75) is 19.3 Å². The molecule has 1 aliphatic heterocycles. The van der Waals surface area contributed by atoms with Gasteiger partial charge in [0.15, 0.2) is 5.78 Å². The first-order valence-corrected chi connectivity index (χ1v) is 10.6. The van der Waals surface area contributed by atoms with Crippen molar-refractivity contribution in [2.75, 3.05) is 29.9 Å². The van der Waals surface area contributed by atoms with Crippen LogP contribution in [0.3, 0.4) is 0 Å². The number of hydrogen-bond acceptors (Lipinski definition) is 6. The average molecular weight is 416 g/mol. The molecule has 8 heteroatoms. The zero-order valence-corrected chi connectivity index (χ0v) is 17.2. The minimum Gasteiger partial charge on any atom is -0.378 e. The Morgan fingerprint density at radius 3 is 3.10 bits per heavy atom. The number of aromatic amines is 1. The van der Waals surface area contributed by atoms with E-state index in [0.29, 0.717) is 18.9 Å². The summed E-state index contributed by atoms with van der Waals surface area (Å²) in [6, 6.07) is 11.8. The second-order valence-corrected chi connectivity index (χ2v) is 7.99. The number of nitrogens with zero attached hydrogens (tertiary/aromatic N) is 5. The number of rotatable bonds is 7. The Balaban J connectivity index is 1.18. The minimum absolute atomic E-state index is 0.228. The smallest absolute Gasteiger partial charge is 0.152 e. The number of aromatic nitrogens is 5. The highest BCUT2D eigenvalue weighted by Gasteiger charge is 2.24. The highest BCUT2D eigenvalue weighted by atomic mass is 16.1. The van der Waals surface area contributed by atoms with Gasteiger partial charge in [-0.05, 0) is 49.1 Å². The van der Waals surface area contributed by atoms with Crippen LogP contribution in [0.5, 0.6) is 0 Å². The third-order valence-corrected chi connectivity index (χ3v) is 5.77. The van der Waals surface area contributed by atoms with Crippen LogP contribution in [0.2, 0.25) is 0 Å². The maximum Gasteiger partial charge on any atom is 0.152 e. The van der Waals surface area contributed by atoms with Crippen LogP contribution in [-0.2, 0) is 4.79 Å². The molecule has 1 atom stereocenters. The molecule has 31 heavy (non-hydrogen) atoms. The summed E-state index contributed by atoms with van der Waals surface area (Å²) in [5.74, 6) is 1.52. The number of fused-ring (bicyclic) bond motifs is 1. The SMILES string of the molecule is O=C(CNc1cccc(-n2cccn2)c1)CC1CCCN(c2ncnc3[nH]ccc23)C1. The van der Waals surface area contributed by atoms with E-state index in [4.69, 9.17) is 0 Å². The maximum atomic E-state index is 12.7. The van der Waals surface area contributed by atoms with Crippen molar-refractivity contribution in [2.24, 2.45) is 5.92 Å². The summed E-state index contributed by atoms with van der Waals surface area (Å²) in [5.41, 5.74) is 2.73. The van der Waals surface area contributed by atoms with Crippen molar-refractivity contribution in [3.05, 3.63) is 61.3 Å². The monoisotopic (exact) mass is 415 g/mol. The van der Waals surface area contributed by atoms with Gasteiger partial charge < -0.3 is 15.2 Å². The van der Waals surface area contributed by atoms with E-state index in [0.717, 1.165) is 54.2 Å². The van der Waals surface area contributed by atoms with Crippen LogP contribution >= 0.6 is 0 Å². The molecular formula is C23H25N7O. The third-order valence-electron chi connectivity index (χ3n) is 5.77. The van der Waals surface area contributed by atoms with E-state index in [1.807, 2.05) is 48.8 Å². The molecule has 1 saturated heterocycles. The molecule has 5 rings (SSSR count). The highest BCUT2D eigenvalue weighted by Crippen LogP contribution is 2.28. The average Bonchev–Trinajstić information content (AvgIpc) is 3.50. The molecule has 2 N–H and O–H groups in total. The van der Waals surface area contributed by atoms with E-state index < -0.39 is 0 Å². The van der Waals surface area contributed by atoms with E-state index in [1.54, 1.807) is 17.2 Å². The van der Waals surface area contributed by atoms with Gasteiger partial charge in [0.1, 0.15) is 17.8 Å².